The van der Waals surface area contributed by atoms with Crippen LogP contribution in [0.1, 0.15) is 26.3 Å². The van der Waals surface area contributed by atoms with E-state index in [4.69, 9.17) is 14.7 Å². The number of aromatic hydroxyl groups is 1. The van der Waals surface area contributed by atoms with E-state index in [1.54, 1.807) is 26.0 Å². The molecule has 0 aliphatic rings. The molecular formula is C20H22Br2N2O7S. The van der Waals surface area contributed by atoms with E-state index in [1.807, 2.05) is 0 Å². The Morgan fingerprint density at radius 3 is 2.31 bits per heavy atom. The number of rotatable bonds is 10. The van der Waals surface area contributed by atoms with Crippen LogP contribution in [0.25, 0.3) is 0 Å². The molecule has 0 spiro atoms. The maximum absolute atomic E-state index is 12.8. The van der Waals surface area contributed by atoms with Crippen LogP contribution >= 0.6 is 31.9 Å². The van der Waals surface area contributed by atoms with Gasteiger partial charge in [-0.05, 0) is 68.6 Å². The highest BCUT2D eigenvalue weighted by atomic mass is 79.9. The Bertz CT molecular complexity index is 1100. The number of oxime groups is 1. The molecule has 2 aromatic carbocycles. The van der Waals surface area contributed by atoms with Gasteiger partial charge in [-0.2, -0.15) is 4.31 Å². The fourth-order valence-electron chi connectivity index (χ4n) is 2.56. The van der Waals surface area contributed by atoms with Crippen molar-refractivity contribution in [3.63, 3.8) is 0 Å². The van der Waals surface area contributed by atoms with E-state index in [0.29, 0.717) is 20.3 Å². The van der Waals surface area contributed by atoms with Crippen molar-refractivity contribution in [3.8, 4) is 17.2 Å². The van der Waals surface area contributed by atoms with Crippen molar-refractivity contribution in [2.75, 3.05) is 13.1 Å². The highest BCUT2D eigenvalue weighted by Crippen LogP contribution is 2.39. The van der Waals surface area contributed by atoms with Gasteiger partial charge >= 0.3 is 5.97 Å². The number of phenols is 1. The second-order valence-electron chi connectivity index (χ2n) is 6.45. The van der Waals surface area contributed by atoms with Gasteiger partial charge in [-0.3, -0.25) is 0 Å². The topological polar surface area (TPSA) is 126 Å². The Balaban J connectivity index is 2.32. The van der Waals surface area contributed by atoms with Crippen molar-refractivity contribution in [3.05, 3.63) is 44.8 Å². The summed E-state index contributed by atoms with van der Waals surface area (Å²) < 4.78 is 33.8. The van der Waals surface area contributed by atoms with Crippen LogP contribution in [0.4, 0.5) is 0 Å². The number of aliphatic carboxylic acids is 1. The van der Waals surface area contributed by atoms with Gasteiger partial charge in [-0.15, -0.1) is 0 Å². The van der Waals surface area contributed by atoms with E-state index in [2.05, 4.69) is 37.0 Å². The molecule has 0 radical (unpaired) electrons. The van der Waals surface area contributed by atoms with Gasteiger partial charge in [-0.25, -0.2) is 13.2 Å². The summed E-state index contributed by atoms with van der Waals surface area (Å²) in [7, 11) is -3.89. The number of carboxylic acids is 1. The number of phenolic OH excluding ortho intramolecular Hbond substituents is 1. The maximum Gasteiger partial charge on any atom is 0.347 e. The van der Waals surface area contributed by atoms with Gasteiger partial charge in [0.25, 0.3) is 0 Å². The van der Waals surface area contributed by atoms with E-state index >= 15 is 0 Å². The summed E-state index contributed by atoms with van der Waals surface area (Å²) in [6, 6.07) is 7.29. The summed E-state index contributed by atoms with van der Waals surface area (Å²) in [5.41, 5.74) is 0.587. The van der Waals surface area contributed by atoms with Gasteiger partial charge in [0.2, 0.25) is 16.1 Å². The molecule has 12 heteroatoms. The number of carboxylic acid groups (broad SMARTS) is 1. The number of sulfonamides is 1. The Hall–Kier alpha value is -2.15. The molecule has 174 valence electrons. The zero-order valence-corrected chi connectivity index (χ0v) is 21.4. The molecule has 0 saturated carbocycles. The standard InChI is InChI=1S/C20H22Br2N2O7S/c1-4-24(5-2)32(28,29)18-10-14(6-7-17(18)25)30-19-15(21)8-13(9-16(19)22)11-23-31-12(3)20(26)27/h6-12,25H,4-5H2,1-3H3,(H,26,27)/b23-11+. The number of hydrogen-bond donors (Lipinski definition) is 2. The lowest BCUT2D eigenvalue weighted by molar-refractivity contribution is -0.149. The molecule has 0 aromatic heterocycles. The molecular weight excluding hydrogens is 572 g/mol. The van der Waals surface area contributed by atoms with Crippen molar-refractivity contribution < 1.29 is 33.0 Å². The average molecular weight is 594 g/mol. The maximum atomic E-state index is 12.8. The number of benzene rings is 2. The van der Waals surface area contributed by atoms with Gasteiger partial charge in [-0.1, -0.05) is 19.0 Å². The SMILES string of the molecule is CCN(CC)S(=O)(=O)c1cc(Oc2c(Br)cc(/C=N/OC(C)C(=O)O)cc2Br)ccc1O. The normalized spacial score (nSPS) is 12.8. The molecule has 0 fully saturated rings. The Morgan fingerprint density at radius 1 is 1.19 bits per heavy atom. The summed E-state index contributed by atoms with van der Waals surface area (Å²) >= 11 is 6.78. The number of carbonyl (C=O) groups is 1. The quantitative estimate of drug-likeness (QED) is 0.305. The lowest BCUT2D eigenvalue weighted by Gasteiger charge is -2.19. The number of halogens is 2. The van der Waals surface area contributed by atoms with Gasteiger partial charge in [0, 0.05) is 19.2 Å². The number of ether oxygens (including phenoxy) is 1. The van der Waals surface area contributed by atoms with Crippen LogP contribution in [-0.2, 0) is 19.7 Å². The minimum atomic E-state index is -3.89. The predicted octanol–water partition coefficient (Wildman–Crippen LogP) is 4.56. The molecule has 0 amide bonds. The van der Waals surface area contributed by atoms with Crippen molar-refractivity contribution >= 4 is 54.1 Å². The molecule has 0 aliphatic heterocycles. The van der Waals surface area contributed by atoms with Crippen LogP contribution < -0.4 is 4.74 Å². The van der Waals surface area contributed by atoms with Crippen molar-refractivity contribution in [1.29, 1.82) is 0 Å². The zero-order chi connectivity index (χ0) is 24.1. The first-order valence-corrected chi connectivity index (χ1v) is 12.5. The molecule has 0 aliphatic carbocycles. The summed E-state index contributed by atoms with van der Waals surface area (Å²) in [4.78, 5) is 15.3. The van der Waals surface area contributed by atoms with E-state index in [0.717, 1.165) is 0 Å². The van der Waals surface area contributed by atoms with Crippen LogP contribution in [0.2, 0.25) is 0 Å². The van der Waals surface area contributed by atoms with E-state index in [9.17, 15) is 18.3 Å². The van der Waals surface area contributed by atoms with Crippen LogP contribution in [0.3, 0.4) is 0 Å². The molecule has 0 bridgehead atoms. The highest BCUT2D eigenvalue weighted by molar-refractivity contribution is 9.11. The third-order valence-corrected chi connectivity index (χ3v) is 7.52. The Labute approximate surface area is 202 Å². The van der Waals surface area contributed by atoms with Gasteiger partial charge in [0.1, 0.15) is 16.4 Å². The molecule has 0 saturated heterocycles. The van der Waals surface area contributed by atoms with Crippen molar-refractivity contribution in [1.82, 2.24) is 4.31 Å². The summed E-state index contributed by atoms with van der Waals surface area (Å²) in [5, 5.41) is 22.6. The van der Waals surface area contributed by atoms with Crippen molar-refractivity contribution in [2.45, 2.75) is 31.8 Å². The van der Waals surface area contributed by atoms with Crippen LogP contribution in [0, 0.1) is 0 Å². The zero-order valence-electron chi connectivity index (χ0n) is 17.4. The fraction of sp³-hybridized carbons (Fsp3) is 0.300. The second-order valence-corrected chi connectivity index (χ2v) is 10.1. The molecule has 32 heavy (non-hydrogen) atoms. The highest BCUT2D eigenvalue weighted by Gasteiger charge is 2.26. The molecule has 9 nitrogen and oxygen atoms in total. The van der Waals surface area contributed by atoms with Crippen LogP contribution in [-0.4, -0.2) is 54.3 Å². The Morgan fingerprint density at radius 2 is 1.78 bits per heavy atom. The first-order chi connectivity index (χ1) is 15.0. The first kappa shape index (κ1) is 26.1. The fourth-order valence-corrected chi connectivity index (χ4v) is 5.50. The lowest BCUT2D eigenvalue weighted by Crippen LogP contribution is -2.30. The van der Waals surface area contributed by atoms with Crippen LogP contribution in [0.15, 0.2) is 49.3 Å². The molecule has 0 heterocycles. The molecule has 2 rings (SSSR count). The summed E-state index contributed by atoms with van der Waals surface area (Å²) in [6.45, 7) is 5.31. The Kier molecular flexibility index (Phi) is 9.08. The molecule has 1 unspecified atom stereocenters. The average Bonchev–Trinajstić information content (AvgIpc) is 2.72. The van der Waals surface area contributed by atoms with Gasteiger partial charge in [0.05, 0.1) is 15.2 Å². The predicted molar refractivity (Wildman–Crippen MR) is 126 cm³/mol. The first-order valence-electron chi connectivity index (χ1n) is 9.43. The van der Waals surface area contributed by atoms with E-state index in [1.165, 1.54) is 35.6 Å². The third-order valence-electron chi connectivity index (χ3n) is 4.26. The minimum absolute atomic E-state index is 0.204. The smallest absolute Gasteiger partial charge is 0.347 e. The summed E-state index contributed by atoms with van der Waals surface area (Å²) in [6.07, 6.45) is 0.255. The van der Waals surface area contributed by atoms with Gasteiger partial charge in [0.15, 0.2) is 5.75 Å². The number of nitrogens with zero attached hydrogens (tertiary/aromatic N) is 2. The molecule has 2 aromatic rings. The lowest BCUT2D eigenvalue weighted by atomic mass is 10.2. The van der Waals surface area contributed by atoms with E-state index < -0.39 is 22.1 Å². The molecule has 2 N–H and O–H groups in total. The van der Waals surface area contributed by atoms with Crippen molar-refractivity contribution in [2.24, 2.45) is 5.16 Å². The monoisotopic (exact) mass is 592 g/mol. The second kappa shape index (κ2) is 11.1. The van der Waals surface area contributed by atoms with E-state index in [-0.39, 0.29) is 29.5 Å². The van der Waals surface area contributed by atoms with Gasteiger partial charge < -0.3 is 19.8 Å². The molecule has 1 atom stereocenters. The third kappa shape index (κ3) is 6.21. The summed E-state index contributed by atoms with van der Waals surface area (Å²) in [5.74, 6) is -0.942. The largest absolute Gasteiger partial charge is 0.507 e. The number of hydrogen-bond acceptors (Lipinski definition) is 7. The van der Waals surface area contributed by atoms with Crippen LogP contribution in [0.5, 0.6) is 17.2 Å². The minimum Gasteiger partial charge on any atom is -0.507 e.